The first-order valence-corrected chi connectivity index (χ1v) is 7.02. The summed E-state index contributed by atoms with van der Waals surface area (Å²) >= 11 is 0. The standard InChI is InChI=1S/C14H25N3O2/c1-2-11-19-14-12(15)7-8-13(17-14)16-9-5-3-4-6-10-18/h7-8,18H,2-6,9-11,15H2,1H3,(H,16,17). The number of nitrogens with two attached hydrogens (primary N) is 1. The largest absolute Gasteiger partial charge is 0.476 e. The van der Waals surface area contributed by atoms with Gasteiger partial charge in [-0.2, -0.15) is 4.98 Å². The minimum Gasteiger partial charge on any atom is -0.476 e. The summed E-state index contributed by atoms with van der Waals surface area (Å²) in [5.41, 5.74) is 6.37. The Bertz CT molecular complexity index is 359. The maximum atomic E-state index is 8.68. The SMILES string of the molecule is CCCOc1nc(NCCCCCCO)ccc1N. The maximum absolute atomic E-state index is 8.68. The predicted octanol–water partition coefficient (Wildman–Crippen LogP) is 2.42. The van der Waals surface area contributed by atoms with Crippen LogP contribution in [0.2, 0.25) is 0 Å². The van der Waals surface area contributed by atoms with Crippen LogP contribution in [0.25, 0.3) is 0 Å². The number of nitrogen functional groups attached to an aromatic ring is 1. The number of aliphatic hydroxyl groups excluding tert-OH is 1. The molecule has 1 rings (SSSR count). The Morgan fingerprint density at radius 3 is 2.79 bits per heavy atom. The van der Waals surface area contributed by atoms with Crippen molar-refractivity contribution in [3.8, 4) is 5.88 Å². The van der Waals surface area contributed by atoms with E-state index in [4.69, 9.17) is 15.6 Å². The predicted molar refractivity (Wildman–Crippen MR) is 78.5 cm³/mol. The number of aliphatic hydroxyl groups is 1. The van der Waals surface area contributed by atoms with Crippen LogP contribution in [-0.2, 0) is 0 Å². The van der Waals surface area contributed by atoms with Crippen molar-refractivity contribution < 1.29 is 9.84 Å². The number of anilines is 2. The van der Waals surface area contributed by atoms with Gasteiger partial charge in [0.05, 0.1) is 12.3 Å². The zero-order chi connectivity index (χ0) is 13.9. The van der Waals surface area contributed by atoms with Crippen LogP contribution in [-0.4, -0.2) is 29.8 Å². The van der Waals surface area contributed by atoms with Crippen LogP contribution in [0.3, 0.4) is 0 Å². The summed E-state index contributed by atoms with van der Waals surface area (Å²) in [6, 6.07) is 3.67. The van der Waals surface area contributed by atoms with Crippen LogP contribution in [0.4, 0.5) is 11.5 Å². The van der Waals surface area contributed by atoms with Crippen LogP contribution < -0.4 is 15.8 Å². The molecule has 0 radical (unpaired) electrons. The van der Waals surface area contributed by atoms with Gasteiger partial charge in [0.2, 0.25) is 5.88 Å². The number of nitrogens with zero attached hydrogens (tertiary/aromatic N) is 1. The van der Waals surface area contributed by atoms with E-state index in [9.17, 15) is 0 Å². The lowest BCUT2D eigenvalue weighted by atomic mass is 10.2. The molecule has 0 unspecified atom stereocenters. The van der Waals surface area contributed by atoms with Gasteiger partial charge in [-0.1, -0.05) is 19.8 Å². The molecule has 0 amide bonds. The van der Waals surface area contributed by atoms with Crippen LogP contribution in [0, 0.1) is 0 Å². The molecule has 108 valence electrons. The van der Waals surface area contributed by atoms with E-state index in [-0.39, 0.29) is 6.61 Å². The fourth-order valence-electron chi connectivity index (χ4n) is 1.67. The highest BCUT2D eigenvalue weighted by Crippen LogP contribution is 2.21. The molecular formula is C14H25N3O2. The third kappa shape index (κ3) is 6.29. The number of hydrogen-bond acceptors (Lipinski definition) is 5. The Kier molecular flexibility index (Phi) is 7.74. The topological polar surface area (TPSA) is 80.4 Å². The molecule has 0 aromatic carbocycles. The van der Waals surface area contributed by atoms with Gasteiger partial charge in [0.25, 0.3) is 0 Å². The third-order valence-corrected chi connectivity index (χ3v) is 2.72. The van der Waals surface area contributed by atoms with Gasteiger partial charge in [0.15, 0.2) is 0 Å². The van der Waals surface area contributed by atoms with E-state index in [1.54, 1.807) is 0 Å². The molecule has 0 fully saturated rings. The van der Waals surface area contributed by atoms with Gasteiger partial charge in [-0.15, -0.1) is 0 Å². The maximum Gasteiger partial charge on any atom is 0.239 e. The lowest BCUT2D eigenvalue weighted by Crippen LogP contribution is -2.06. The second-order valence-corrected chi connectivity index (χ2v) is 4.50. The summed E-state index contributed by atoms with van der Waals surface area (Å²) in [6.07, 6.45) is 5.07. The summed E-state index contributed by atoms with van der Waals surface area (Å²) in [5, 5.41) is 11.9. The Hall–Kier alpha value is -1.49. The van der Waals surface area contributed by atoms with Crippen molar-refractivity contribution in [2.75, 3.05) is 30.8 Å². The van der Waals surface area contributed by atoms with Crippen molar-refractivity contribution in [3.05, 3.63) is 12.1 Å². The number of unbranched alkanes of at least 4 members (excludes halogenated alkanes) is 3. The Labute approximate surface area is 115 Å². The van der Waals surface area contributed by atoms with Gasteiger partial charge in [-0.3, -0.25) is 0 Å². The molecule has 0 spiro atoms. The third-order valence-electron chi connectivity index (χ3n) is 2.72. The first-order chi connectivity index (χ1) is 9.27. The molecule has 0 atom stereocenters. The van der Waals surface area contributed by atoms with Gasteiger partial charge in [0, 0.05) is 13.2 Å². The van der Waals surface area contributed by atoms with E-state index < -0.39 is 0 Å². The van der Waals surface area contributed by atoms with Crippen molar-refractivity contribution in [1.29, 1.82) is 0 Å². The summed E-state index contributed by atoms with van der Waals surface area (Å²) < 4.78 is 5.48. The number of rotatable bonds is 10. The Morgan fingerprint density at radius 1 is 1.26 bits per heavy atom. The molecule has 0 bridgehead atoms. The molecule has 0 aliphatic rings. The summed E-state index contributed by atoms with van der Waals surface area (Å²) in [4.78, 5) is 4.35. The van der Waals surface area contributed by atoms with E-state index in [1.807, 2.05) is 19.1 Å². The van der Waals surface area contributed by atoms with Crippen LogP contribution in [0.5, 0.6) is 5.88 Å². The van der Waals surface area contributed by atoms with Gasteiger partial charge in [0.1, 0.15) is 5.82 Å². The van der Waals surface area contributed by atoms with Gasteiger partial charge in [-0.05, 0) is 31.4 Å². The molecule has 5 heteroatoms. The minimum absolute atomic E-state index is 0.283. The number of pyridine rings is 1. The molecule has 1 aromatic rings. The molecule has 19 heavy (non-hydrogen) atoms. The zero-order valence-corrected chi connectivity index (χ0v) is 11.7. The summed E-state index contributed by atoms with van der Waals surface area (Å²) in [7, 11) is 0. The van der Waals surface area contributed by atoms with Crippen LogP contribution >= 0.6 is 0 Å². The quantitative estimate of drug-likeness (QED) is 0.567. The van der Waals surface area contributed by atoms with E-state index in [2.05, 4.69) is 10.3 Å². The average Bonchev–Trinajstić information content (AvgIpc) is 2.43. The van der Waals surface area contributed by atoms with Crippen LogP contribution in [0.1, 0.15) is 39.0 Å². The Balaban J connectivity index is 2.33. The van der Waals surface area contributed by atoms with E-state index in [0.717, 1.165) is 44.5 Å². The number of ether oxygens (including phenoxy) is 1. The van der Waals surface area contributed by atoms with Crippen molar-refractivity contribution >= 4 is 11.5 Å². The van der Waals surface area contributed by atoms with E-state index >= 15 is 0 Å². The molecule has 0 aliphatic heterocycles. The number of hydrogen-bond donors (Lipinski definition) is 3. The molecule has 0 saturated heterocycles. The second-order valence-electron chi connectivity index (χ2n) is 4.50. The Morgan fingerprint density at radius 2 is 2.05 bits per heavy atom. The minimum atomic E-state index is 0.283. The normalized spacial score (nSPS) is 10.4. The molecule has 0 saturated carbocycles. The number of nitrogens with one attached hydrogen (secondary N) is 1. The lowest BCUT2D eigenvalue weighted by molar-refractivity contribution is 0.283. The summed E-state index contributed by atoms with van der Waals surface area (Å²) in [6.45, 7) is 3.83. The molecule has 4 N–H and O–H groups in total. The molecule has 1 heterocycles. The lowest BCUT2D eigenvalue weighted by Gasteiger charge is -2.10. The number of aromatic nitrogens is 1. The fourth-order valence-corrected chi connectivity index (χ4v) is 1.67. The molecule has 0 aliphatic carbocycles. The van der Waals surface area contributed by atoms with E-state index in [0.29, 0.717) is 18.2 Å². The van der Waals surface area contributed by atoms with Crippen molar-refractivity contribution in [1.82, 2.24) is 4.98 Å². The van der Waals surface area contributed by atoms with Gasteiger partial charge >= 0.3 is 0 Å². The van der Waals surface area contributed by atoms with Gasteiger partial charge in [-0.25, -0.2) is 0 Å². The highest BCUT2D eigenvalue weighted by molar-refractivity contribution is 5.53. The summed E-state index contributed by atoms with van der Waals surface area (Å²) in [5.74, 6) is 1.30. The zero-order valence-electron chi connectivity index (χ0n) is 11.7. The second kappa shape index (κ2) is 9.44. The molecule has 1 aromatic heterocycles. The van der Waals surface area contributed by atoms with Crippen molar-refractivity contribution in [3.63, 3.8) is 0 Å². The first-order valence-electron chi connectivity index (χ1n) is 7.02. The van der Waals surface area contributed by atoms with Crippen molar-refractivity contribution in [2.45, 2.75) is 39.0 Å². The molecule has 5 nitrogen and oxygen atoms in total. The molecular weight excluding hydrogens is 242 g/mol. The van der Waals surface area contributed by atoms with Crippen LogP contribution in [0.15, 0.2) is 12.1 Å². The monoisotopic (exact) mass is 267 g/mol. The smallest absolute Gasteiger partial charge is 0.239 e. The average molecular weight is 267 g/mol. The highest BCUT2D eigenvalue weighted by Gasteiger charge is 2.03. The van der Waals surface area contributed by atoms with Crippen molar-refractivity contribution in [2.24, 2.45) is 0 Å². The fraction of sp³-hybridized carbons (Fsp3) is 0.643. The van der Waals surface area contributed by atoms with E-state index in [1.165, 1.54) is 0 Å². The highest BCUT2D eigenvalue weighted by atomic mass is 16.5. The van der Waals surface area contributed by atoms with Gasteiger partial charge < -0.3 is 20.9 Å². The first kappa shape index (κ1) is 15.6.